The van der Waals surface area contributed by atoms with E-state index in [2.05, 4.69) is 41.5 Å². The normalized spacial score (nSPS) is 11.9. The van der Waals surface area contributed by atoms with Crippen molar-refractivity contribution in [2.75, 3.05) is 13.2 Å². The van der Waals surface area contributed by atoms with Crippen molar-refractivity contribution in [1.82, 2.24) is 0 Å². The number of esters is 2. The van der Waals surface area contributed by atoms with Gasteiger partial charge in [-0.25, -0.2) is 9.59 Å². The van der Waals surface area contributed by atoms with Gasteiger partial charge in [0.25, 0.3) is 0 Å². The molecule has 0 aliphatic rings. The molecule has 0 aliphatic carbocycles. The predicted octanol–water partition coefficient (Wildman–Crippen LogP) is 10.4. The topological polar surface area (TPSA) is 52.6 Å². The second-order valence-corrected chi connectivity index (χ2v) is 12.8. The molecule has 0 amide bonds. The van der Waals surface area contributed by atoms with E-state index < -0.39 is 0 Å². The second kappa shape index (κ2) is 30.9. The van der Waals surface area contributed by atoms with Gasteiger partial charge < -0.3 is 9.47 Å². The number of hydrogen-bond acceptors (Lipinski definition) is 4. The van der Waals surface area contributed by atoms with Crippen LogP contribution in [0.25, 0.3) is 0 Å². The van der Waals surface area contributed by atoms with Crippen LogP contribution in [0.2, 0.25) is 0 Å². The molecule has 242 valence electrons. The van der Waals surface area contributed by atoms with Crippen LogP contribution in [0.3, 0.4) is 0 Å². The zero-order chi connectivity index (χ0) is 29.8. The van der Waals surface area contributed by atoms with Crippen molar-refractivity contribution in [2.45, 2.75) is 183 Å². The Morgan fingerprint density at radius 3 is 1.12 bits per heavy atom. The van der Waals surface area contributed by atoms with Crippen molar-refractivity contribution in [3.8, 4) is 0 Å². The van der Waals surface area contributed by atoms with Gasteiger partial charge in [-0.15, -0.1) is 0 Å². The molecule has 0 bridgehead atoms. The second-order valence-electron chi connectivity index (χ2n) is 12.8. The van der Waals surface area contributed by atoms with E-state index in [9.17, 15) is 9.59 Å². The first-order valence-electron chi connectivity index (χ1n) is 17.4. The fourth-order valence-corrected chi connectivity index (χ4v) is 5.08. The molecular formula is C36H70O4Sn. The molecule has 0 aromatic carbocycles. The van der Waals surface area contributed by atoms with Crippen LogP contribution in [0, 0.1) is 11.8 Å². The molecule has 0 atom stereocenters. The summed E-state index contributed by atoms with van der Waals surface area (Å²) in [7, 11) is 0. The van der Waals surface area contributed by atoms with E-state index in [4.69, 9.17) is 9.47 Å². The number of carbonyl (C=O) groups is 2. The van der Waals surface area contributed by atoms with Gasteiger partial charge in [-0.1, -0.05) is 144 Å². The van der Waals surface area contributed by atoms with Crippen molar-refractivity contribution in [1.29, 1.82) is 0 Å². The molecule has 0 N–H and O–H groups in total. The summed E-state index contributed by atoms with van der Waals surface area (Å²) in [5.74, 6) is 0.809. The molecule has 41 heavy (non-hydrogen) atoms. The minimum absolute atomic E-state index is 0. The average Bonchev–Trinajstić information content (AvgIpc) is 2.91. The van der Waals surface area contributed by atoms with Crippen molar-refractivity contribution in [3.63, 3.8) is 0 Å². The summed E-state index contributed by atoms with van der Waals surface area (Å²) in [5, 5.41) is 0. The summed E-state index contributed by atoms with van der Waals surface area (Å²) < 4.78 is 11.5. The van der Waals surface area contributed by atoms with Crippen LogP contribution in [0.1, 0.15) is 183 Å². The van der Waals surface area contributed by atoms with Gasteiger partial charge in [-0.05, 0) is 50.4 Å². The molecule has 4 nitrogen and oxygen atoms in total. The summed E-state index contributed by atoms with van der Waals surface area (Å²) in [4.78, 5) is 26.7. The Morgan fingerprint density at radius 1 is 0.463 bits per heavy atom. The van der Waals surface area contributed by atoms with Crippen molar-refractivity contribution >= 4 is 35.8 Å². The van der Waals surface area contributed by atoms with E-state index in [1.807, 2.05) is 0 Å². The van der Waals surface area contributed by atoms with E-state index in [0.717, 1.165) is 64.2 Å². The maximum atomic E-state index is 13.4. The molecule has 0 unspecified atom stereocenters. The van der Waals surface area contributed by atoms with Crippen molar-refractivity contribution in [3.05, 3.63) is 11.1 Å². The fraction of sp³-hybridized carbons (Fsp3) is 0.889. The van der Waals surface area contributed by atoms with Gasteiger partial charge in [0.1, 0.15) is 0 Å². The monoisotopic (exact) mass is 686 g/mol. The van der Waals surface area contributed by atoms with Gasteiger partial charge in [0.2, 0.25) is 0 Å². The van der Waals surface area contributed by atoms with Crippen molar-refractivity contribution in [2.24, 2.45) is 11.8 Å². The van der Waals surface area contributed by atoms with Gasteiger partial charge in [0.05, 0.1) is 13.2 Å². The molecule has 0 rings (SSSR count). The van der Waals surface area contributed by atoms with Gasteiger partial charge in [-0.2, -0.15) is 0 Å². The fourth-order valence-electron chi connectivity index (χ4n) is 5.08. The first-order valence-corrected chi connectivity index (χ1v) is 17.4. The number of unbranched alkanes of at least 4 members (excludes halogenated alkanes) is 14. The number of hydrogen-bond donors (Lipinski definition) is 0. The SMILES string of the molecule is CCCCCCCCOC(=O)/C(CCCCCC(C)C)=C(/CCCCCC(C)C)C(=O)OCCCCCCCC.[SnH2]. The molecule has 2 radical (unpaired) electrons. The van der Waals surface area contributed by atoms with Crippen LogP contribution in [0.4, 0.5) is 0 Å². The van der Waals surface area contributed by atoms with Gasteiger partial charge in [0, 0.05) is 11.1 Å². The Balaban J connectivity index is 0. The first kappa shape index (κ1) is 42.6. The number of carbonyl (C=O) groups excluding carboxylic acids is 2. The van der Waals surface area contributed by atoms with Crippen LogP contribution in [-0.2, 0) is 19.1 Å². The van der Waals surface area contributed by atoms with Crippen molar-refractivity contribution < 1.29 is 19.1 Å². The Labute approximate surface area is 272 Å². The summed E-state index contributed by atoms with van der Waals surface area (Å²) in [6.45, 7) is 14.3. The third-order valence-corrected chi connectivity index (χ3v) is 7.74. The van der Waals surface area contributed by atoms with E-state index in [1.54, 1.807) is 0 Å². The molecular weight excluding hydrogens is 615 g/mol. The zero-order valence-electron chi connectivity index (χ0n) is 28.5. The summed E-state index contributed by atoms with van der Waals surface area (Å²) in [5.41, 5.74) is 1.18. The summed E-state index contributed by atoms with van der Waals surface area (Å²) in [6.07, 6.45) is 23.7. The van der Waals surface area contributed by atoms with E-state index in [1.165, 1.54) is 64.2 Å². The van der Waals surface area contributed by atoms with E-state index >= 15 is 0 Å². The molecule has 0 spiro atoms. The molecule has 0 aromatic rings. The molecule has 0 fully saturated rings. The van der Waals surface area contributed by atoms with Crippen LogP contribution >= 0.6 is 0 Å². The molecule has 0 aromatic heterocycles. The molecule has 0 saturated heterocycles. The number of rotatable bonds is 28. The maximum absolute atomic E-state index is 13.4. The Hall–Kier alpha value is -0.521. The molecule has 5 heteroatoms. The average molecular weight is 686 g/mol. The molecule has 0 heterocycles. The van der Waals surface area contributed by atoms with Crippen LogP contribution in [0.5, 0.6) is 0 Å². The Kier molecular flexibility index (Phi) is 32.1. The standard InChI is InChI=1S/C36H68O4.Sn.2H/c1-7-9-11-13-15-23-29-39-35(37)33(27-21-17-19-25-31(3)4)34(28-22-18-20-26-32(5)6)36(38)40-30-24-16-14-12-10-8-2;;;/h31-32H,7-30H2,1-6H3;;;/b34-33-;;;. The summed E-state index contributed by atoms with van der Waals surface area (Å²) in [6, 6.07) is 0. The summed E-state index contributed by atoms with van der Waals surface area (Å²) >= 11 is 0. The van der Waals surface area contributed by atoms with E-state index in [-0.39, 0.29) is 35.8 Å². The first-order chi connectivity index (χ1) is 19.3. The Bertz CT molecular complexity index is 587. The predicted molar refractivity (Wildman–Crippen MR) is 180 cm³/mol. The van der Waals surface area contributed by atoms with Crippen LogP contribution < -0.4 is 0 Å². The van der Waals surface area contributed by atoms with Crippen LogP contribution in [0.15, 0.2) is 11.1 Å². The third-order valence-electron chi connectivity index (χ3n) is 7.74. The van der Waals surface area contributed by atoms with Crippen LogP contribution in [-0.4, -0.2) is 49.1 Å². The van der Waals surface area contributed by atoms with Gasteiger partial charge in [0.15, 0.2) is 0 Å². The minimum atomic E-state index is -0.286. The van der Waals surface area contributed by atoms with Gasteiger partial charge >= 0.3 is 35.8 Å². The quantitative estimate of drug-likeness (QED) is 0.0356. The Morgan fingerprint density at radius 2 is 0.780 bits per heavy atom. The van der Waals surface area contributed by atoms with Gasteiger partial charge in [-0.3, -0.25) is 0 Å². The third kappa shape index (κ3) is 26.8. The molecule has 0 aliphatic heterocycles. The van der Waals surface area contributed by atoms with E-state index in [0.29, 0.717) is 49.0 Å². The zero-order valence-corrected chi connectivity index (χ0v) is 32.5. The number of ether oxygens (including phenoxy) is 2. The molecule has 0 saturated carbocycles.